The number of hydrogen-bond acceptors (Lipinski definition) is 3. The molecule has 25 heavy (non-hydrogen) atoms. The standard InChI is InChI=1S/C21H20N2O2/c1-23(14-16-6-3-2-4-7-16)15-17-8-5-9-18(12-17)19-10-11-20(21(24)25)22-13-19/h2-13H,14-15H2,1H3,(H,24,25). The molecule has 0 bridgehead atoms. The minimum atomic E-state index is -1.01. The van der Waals surface area contributed by atoms with Gasteiger partial charge in [0.2, 0.25) is 0 Å². The maximum absolute atomic E-state index is 10.9. The third-order valence-corrected chi connectivity index (χ3v) is 3.99. The molecule has 0 aliphatic rings. The predicted molar refractivity (Wildman–Crippen MR) is 98.2 cm³/mol. The van der Waals surface area contributed by atoms with E-state index in [1.54, 1.807) is 12.3 Å². The van der Waals surface area contributed by atoms with Gasteiger partial charge < -0.3 is 5.11 Å². The Labute approximate surface area is 147 Å². The van der Waals surface area contributed by atoms with Gasteiger partial charge in [-0.15, -0.1) is 0 Å². The van der Waals surface area contributed by atoms with Crippen molar-refractivity contribution in [1.29, 1.82) is 0 Å². The van der Waals surface area contributed by atoms with Gasteiger partial charge in [-0.2, -0.15) is 0 Å². The number of carbonyl (C=O) groups is 1. The topological polar surface area (TPSA) is 53.4 Å². The summed E-state index contributed by atoms with van der Waals surface area (Å²) in [5.41, 5.74) is 4.50. The molecule has 0 aliphatic heterocycles. The summed E-state index contributed by atoms with van der Waals surface area (Å²) >= 11 is 0. The molecule has 0 radical (unpaired) electrons. The van der Waals surface area contributed by atoms with Crippen LogP contribution in [0.25, 0.3) is 11.1 Å². The molecule has 1 heterocycles. The highest BCUT2D eigenvalue weighted by atomic mass is 16.4. The van der Waals surface area contributed by atoms with Crippen molar-refractivity contribution >= 4 is 5.97 Å². The molecule has 0 aliphatic carbocycles. The van der Waals surface area contributed by atoms with Gasteiger partial charge in [-0.1, -0.05) is 54.6 Å². The fourth-order valence-electron chi connectivity index (χ4n) is 2.80. The highest BCUT2D eigenvalue weighted by molar-refractivity contribution is 5.85. The molecule has 0 atom stereocenters. The van der Waals surface area contributed by atoms with Crippen molar-refractivity contribution in [1.82, 2.24) is 9.88 Å². The summed E-state index contributed by atoms with van der Waals surface area (Å²) < 4.78 is 0. The van der Waals surface area contributed by atoms with Gasteiger partial charge in [-0.25, -0.2) is 9.78 Å². The second-order valence-corrected chi connectivity index (χ2v) is 6.10. The van der Waals surface area contributed by atoms with E-state index in [2.05, 4.69) is 53.3 Å². The van der Waals surface area contributed by atoms with Crippen molar-refractivity contribution in [2.75, 3.05) is 7.05 Å². The third kappa shape index (κ3) is 4.52. The molecular weight excluding hydrogens is 312 g/mol. The van der Waals surface area contributed by atoms with Gasteiger partial charge in [0, 0.05) is 24.8 Å². The molecule has 3 aromatic rings. The van der Waals surface area contributed by atoms with Gasteiger partial charge in [-0.3, -0.25) is 4.90 Å². The molecular formula is C21H20N2O2. The molecule has 3 rings (SSSR count). The first-order valence-corrected chi connectivity index (χ1v) is 8.13. The lowest BCUT2D eigenvalue weighted by atomic mass is 10.0. The van der Waals surface area contributed by atoms with Crippen molar-refractivity contribution < 1.29 is 9.90 Å². The molecule has 0 spiro atoms. The zero-order valence-corrected chi connectivity index (χ0v) is 14.1. The van der Waals surface area contributed by atoms with Gasteiger partial charge in [0.05, 0.1) is 0 Å². The van der Waals surface area contributed by atoms with Gasteiger partial charge in [-0.05, 0) is 35.9 Å². The van der Waals surface area contributed by atoms with Crippen LogP contribution in [-0.2, 0) is 13.1 Å². The van der Waals surface area contributed by atoms with Crippen molar-refractivity contribution in [3.63, 3.8) is 0 Å². The maximum Gasteiger partial charge on any atom is 0.354 e. The fraction of sp³-hybridized carbons (Fsp3) is 0.143. The van der Waals surface area contributed by atoms with E-state index in [0.29, 0.717) is 0 Å². The number of aromatic nitrogens is 1. The van der Waals surface area contributed by atoms with Crippen molar-refractivity contribution in [3.05, 3.63) is 89.7 Å². The lowest BCUT2D eigenvalue weighted by Crippen LogP contribution is -2.17. The van der Waals surface area contributed by atoms with Crippen LogP contribution < -0.4 is 0 Å². The quantitative estimate of drug-likeness (QED) is 0.739. The second-order valence-electron chi connectivity index (χ2n) is 6.10. The number of rotatable bonds is 6. The summed E-state index contributed by atoms with van der Waals surface area (Å²) in [7, 11) is 2.10. The Morgan fingerprint density at radius 2 is 1.64 bits per heavy atom. The average Bonchev–Trinajstić information content (AvgIpc) is 2.63. The molecule has 1 N–H and O–H groups in total. The Hall–Kier alpha value is -2.98. The first-order valence-electron chi connectivity index (χ1n) is 8.13. The van der Waals surface area contributed by atoms with Crippen molar-refractivity contribution in [3.8, 4) is 11.1 Å². The molecule has 0 saturated heterocycles. The summed E-state index contributed by atoms with van der Waals surface area (Å²) in [5.74, 6) is -1.01. The van der Waals surface area contributed by atoms with Gasteiger partial charge >= 0.3 is 5.97 Å². The van der Waals surface area contributed by atoms with Crippen LogP contribution in [0.1, 0.15) is 21.6 Å². The molecule has 0 fully saturated rings. The summed E-state index contributed by atoms with van der Waals surface area (Å²) in [4.78, 5) is 17.2. The lowest BCUT2D eigenvalue weighted by molar-refractivity contribution is 0.0690. The summed E-state index contributed by atoms with van der Waals surface area (Å²) in [6.45, 7) is 1.73. The first kappa shape index (κ1) is 16.9. The number of carboxylic acids is 1. The average molecular weight is 332 g/mol. The minimum absolute atomic E-state index is 0.0579. The number of nitrogens with zero attached hydrogens (tertiary/aromatic N) is 2. The van der Waals surface area contributed by atoms with Gasteiger partial charge in [0.25, 0.3) is 0 Å². The Kier molecular flexibility index (Phi) is 5.21. The number of aromatic carboxylic acids is 1. The Bertz CT molecular complexity index is 845. The van der Waals surface area contributed by atoms with E-state index in [1.807, 2.05) is 18.2 Å². The zero-order valence-electron chi connectivity index (χ0n) is 14.1. The SMILES string of the molecule is CN(Cc1ccccc1)Cc1cccc(-c2ccc(C(=O)O)nc2)c1. The molecule has 0 saturated carbocycles. The first-order chi connectivity index (χ1) is 12.1. The van der Waals surface area contributed by atoms with E-state index < -0.39 is 5.97 Å². The molecule has 4 heteroatoms. The normalized spacial score (nSPS) is 10.8. The highest BCUT2D eigenvalue weighted by Crippen LogP contribution is 2.21. The molecule has 4 nitrogen and oxygen atoms in total. The Morgan fingerprint density at radius 1 is 0.920 bits per heavy atom. The van der Waals surface area contributed by atoms with E-state index in [9.17, 15) is 4.79 Å². The number of pyridine rings is 1. The van der Waals surface area contributed by atoms with Crippen LogP contribution >= 0.6 is 0 Å². The third-order valence-electron chi connectivity index (χ3n) is 3.99. The molecule has 0 unspecified atom stereocenters. The second kappa shape index (κ2) is 7.73. The smallest absolute Gasteiger partial charge is 0.354 e. The minimum Gasteiger partial charge on any atom is -0.477 e. The Morgan fingerprint density at radius 3 is 2.32 bits per heavy atom. The molecule has 1 aromatic heterocycles. The van der Waals surface area contributed by atoms with Crippen molar-refractivity contribution in [2.24, 2.45) is 0 Å². The van der Waals surface area contributed by atoms with Crippen molar-refractivity contribution in [2.45, 2.75) is 13.1 Å². The van der Waals surface area contributed by atoms with Crippen LogP contribution in [0.3, 0.4) is 0 Å². The van der Waals surface area contributed by atoms with E-state index in [4.69, 9.17) is 5.11 Å². The van der Waals surface area contributed by atoms with Gasteiger partial charge in [0.1, 0.15) is 5.69 Å². The number of hydrogen-bond donors (Lipinski definition) is 1. The predicted octanol–water partition coefficient (Wildman–Crippen LogP) is 4.08. The van der Waals surface area contributed by atoms with E-state index >= 15 is 0 Å². The lowest BCUT2D eigenvalue weighted by Gasteiger charge is -2.17. The van der Waals surface area contributed by atoms with Crippen LogP contribution in [0.2, 0.25) is 0 Å². The van der Waals surface area contributed by atoms with E-state index in [-0.39, 0.29) is 5.69 Å². The molecule has 0 amide bonds. The largest absolute Gasteiger partial charge is 0.477 e. The van der Waals surface area contributed by atoms with Crippen LogP contribution in [0.15, 0.2) is 72.9 Å². The van der Waals surface area contributed by atoms with Crippen LogP contribution in [0, 0.1) is 0 Å². The van der Waals surface area contributed by atoms with Crippen LogP contribution in [0.4, 0.5) is 0 Å². The summed E-state index contributed by atoms with van der Waals surface area (Å²) in [6, 6.07) is 22.0. The molecule has 126 valence electrons. The zero-order chi connectivity index (χ0) is 17.6. The summed E-state index contributed by atoms with van der Waals surface area (Å²) in [6.07, 6.45) is 1.61. The number of carboxylic acid groups (broad SMARTS) is 1. The highest BCUT2D eigenvalue weighted by Gasteiger charge is 2.07. The fourth-order valence-corrected chi connectivity index (χ4v) is 2.80. The Balaban J connectivity index is 1.71. The van der Waals surface area contributed by atoms with E-state index in [1.165, 1.54) is 17.2 Å². The van der Waals surface area contributed by atoms with Crippen LogP contribution in [-0.4, -0.2) is 28.0 Å². The van der Waals surface area contributed by atoms with Crippen LogP contribution in [0.5, 0.6) is 0 Å². The monoisotopic (exact) mass is 332 g/mol. The summed E-state index contributed by atoms with van der Waals surface area (Å²) in [5, 5.41) is 8.94. The molecule has 2 aromatic carbocycles. The van der Waals surface area contributed by atoms with E-state index in [0.717, 1.165) is 24.2 Å². The van der Waals surface area contributed by atoms with Gasteiger partial charge in [0.15, 0.2) is 0 Å². The number of benzene rings is 2. The maximum atomic E-state index is 10.9.